The molecule has 0 aliphatic carbocycles. The largest absolute Gasteiger partial charge is 0.381 e. The lowest BCUT2D eigenvalue weighted by molar-refractivity contribution is 0.633. The molecule has 16 heavy (non-hydrogen) atoms. The van der Waals surface area contributed by atoms with Crippen LogP contribution in [0.5, 0.6) is 0 Å². The Balaban J connectivity index is 2.17. The van der Waals surface area contributed by atoms with Crippen LogP contribution in [0, 0.1) is 6.92 Å². The van der Waals surface area contributed by atoms with Crippen molar-refractivity contribution in [3.8, 4) is 0 Å². The Kier molecular flexibility index (Phi) is 2.90. The molecular formula is C12H16N4. The first-order valence-electron chi connectivity index (χ1n) is 5.44. The van der Waals surface area contributed by atoms with Crippen LogP contribution in [0.25, 0.3) is 0 Å². The highest BCUT2D eigenvalue weighted by Gasteiger charge is 2.04. The summed E-state index contributed by atoms with van der Waals surface area (Å²) in [5.41, 5.74) is 9.12. The number of nitrogens with zero attached hydrogens (tertiary/aromatic N) is 3. The van der Waals surface area contributed by atoms with E-state index in [1.807, 2.05) is 11.6 Å². The molecule has 0 atom stereocenters. The van der Waals surface area contributed by atoms with E-state index in [0.717, 1.165) is 18.7 Å². The summed E-state index contributed by atoms with van der Waals surface area (Å²) in [7, 11) is 0. The molecule has 0 fully saturated rings. The van der Waals surface area contributed by atoms with E-state index in [9.17, 15) is 0 Å². The monoisotopic (exact) mass is 216 g/mol. The fraction of sp³-hybridized carbons (Fsp3) is 0.333. The van der Waals surface area contributed by atoms with Crippen molar-refractivity contribution in [2.75, 3.05) is 5.73 Å². The molecule has 0 saturated heterocycles. The van der Waals surface area contributed by atoms with Crippen molar-refractivity contribution in [2.24, 2.45) is 0 Å². The number of aryl methyl sites for hydroxylation is 1. The summed E-state index contributed by atoms with van der Waals surface area (Å²) in [6, 6.07) is 8.53. The van der Waals surface area contributed by atoms with Gasteiger partial charge in [-0.05, 0) is 24.5 Å². The lowest BCUT2D eigenvalue weighted by Crippen LogP contribution is -2.04. The Morgan fingerprint density at radius 3 is 2.31 bits per heavy atom. The molecule has 0 radical (unpaired) electrons. The normalized spacial score (nSPS) is 10.6. The molecule has 2 aromatic rings. The van der Waals surface area contributed by atoms with Gasteiger partial charge in [0.25, 0.3) is 0 Å². The minimum atomic E-state index is 0.505. The molecule has 2 rings (SSSR count). The van der Waals surface area contributed by atoms with Crippen LogP contribution >= 0.6 is 0 Å². The summed E-state index contributed by atoms with van der Waals surface area (Å²) >= 11 is 0. The molecule has 84 valence electrons. The van der Waals surface area contributed by atoms with Crippen LogP contribution in [0.4, 0.5) is 5.82 Å². The van der Waals surface area contributed by atoms with Gasteiger partial charge in [-0.3, -0.25) is 0 Å². The number of rotatable bonds is 3. The third-order valence-electron chi connectivity index (χ3n) is 2.78. The van der Waals surface area contributed by atoms with E-state index in [1.54, 1.807) is 0 Å². The summed E-state index contributed by atoms with van der Waals surface area (Å²) in [5, 5.41) is 7.83. The molecule has 4 nitrogen and oxygen atoms in total. The zero-order valence-corrected chi connectivity index (χ0v) is 9.64. The molecule has 1 aromatic heterocycles. The second-order valence-electron chi connectivity index (χ2n) is 3.89. The SMILES string of the molecule is CCc1ccc(Cn2nnc(N)c2C)cc1. The third-order valence-corrected chi connectivity index (χ3v) is 2.78. The smallest absolute Gasteiger partial charge is 0.168 e. The van der Waals surface area contributed by atoms with E-state index in [1.165, 1.54) is 11.1 Å². The zero-order valence-electron chi connectivity index (χ0n) is 9.64. The van der Waals surface area contributed by atoms with Crippen molar-refractivity contribution in [3.05, 3.63) is 41.1 Å². The van der Waals surface area contributed by atoms with Gasteiger partial charge in [0.2, 0.25) is 0 Å². The van der Waals surface area contributed by atoms with E-state index in [2.05, 4.69) is 41.5 Å². The highest BCUT2D eigenvalue weighted by atomic mass is 15.4. The van der Waals surface area contributed by atoms with Gasteiger partial charge >= 0.3 is 0 Å². The number of hydrogen-bond acceptors (Lipinski definition) is 3. The Morgan fingerprint density at radius 1 is 1.19 bits per heavy atom. The molecule has 4 heteroatoms. The summed E-state index contributed by atoms with van der Waals surface area (Å²) in [4.78, 5) is 0. The molecule has 0 spiro atoms. The Hall–Kier alpha value is -1.84. The fourth-order valence-corrected chi connectivity index (χ4v) is 1.58. The van der Waals surface area contributed by atoms with Crippen LogP contribution in [0.2, 0.25) is 0 Å². The number of nitrogen functional groups attached to an aromatic ring is 1. The van der Waals surface area contributed by atoms with E-state index >= 15 is 0 Å². The minimum absolute atomic E-state index is 0.505. The molecule has 1 heterocycles. The van der Waals surface area contributed by atoms with Gasteiger partial charge in [0, 0.05) is 0 Å². The lowest BCUT2D eigenvalue weighted by Gasteiger charge is -2.04. The first kappa shape index (κ1) is 10.7. The maximum Gasteiger partial charge on any atom is 0.168 e. The molecule has 2 N–H and O–H groups in total. The fourth-order valence-electron chi connectivity index (χ4n) is 1.58. The summed E-state index contributed by atoms with van der Waals surface area (Å²) in [6.07, 6.45) is 1.07. The number of aromatic nitrogens is 3. The second kappa shape index (κ2) is 4.35. The van der Waals surface area contributed by atoms with Crippen LogP contribution in [0.1, 0.15) is 23.7 Å². The Labute approximate surface area is 95.1 Å². The maximum absolute atomic E-state index is 5.65. The highest BCUT2D eigenvalue weighted by Crippen LogP contribution is 2.10. The van der Waals surface area contributed by atoms with Gasteiger partial charge in [0.15, 0.2) is 5.82 Å². The predicted octanol–water partition coefficient (Wildman–Crippen LogP) is 1.78. The van der Waals surface area contributed by atoms with Crippen molar-refractivity contribution in [2.45, 2.75) is 26.8 Å². The van der Waals surface area contributed by atoms with Crippen molar-refractivity contribution in [1.29, 1.82) is 0 Å². The molecule has 0 unspecified atom stereocenters. The molecule has 0 saturated carbocycles. The van der Waals surface area contributed by atoms with E-state index in [0.29, 0.717) is 5.82 Å². The third kappa shape index (κ3) is 2.05. The number of anilines is 1. The Morgan fingerprint density at radius 2 is 1.81 bits per heavy atom. The summed E-state index contributed by atoms with van der Waals surface area (Å²) in [5.74, 6) is 0.505. The number of hydrogen-bond donors (Lipinski definition) is 1. The predicted molar refractivity (Wildman–Crippen MR) is 64.1 cm³/mol. The second-order valence-corrected chi connectivity index (χ2v) is 3.89. The maximum atomic E-state index is 5.65. The van der Waals surface area contributed by atoms with Gasteiger partial charge in [-0.2, -0.15) is 0 Å². The van der Waals surface area contributed by atoms with Crippen LogP contribution in [-0.4, -0.2) is 15.0 Å². The number of nitrogens with two attached hydrogens (primary N) is 1. The van der Waals surface area contributed by atoms with Crippen LogP contribution in [-0.2, 0) is 13.0 Å². The van der Waals surface area contributed by atoms with Crippen molar-refractivity contribution >= 4 is 5.82 Å². The van der Waals surface area contributed by atoms with Gasteiger partial charge < -0.3 is 5.73 Å². The van der Waals surface area contributed by atoms with Crippen molar-refractivity contribution in [3.63, 3.8) is 0 Å². The van der Waals surface area contributed by atoms with Crippen molar-refractivity contribution < 1.29 is 0 Å². The quantitative estimate of drug-likeness (QED) is 0.850. The van der Waals surface area contributed by atoms with Gasteiger partial charge in [-0.15, -0.1) is 5.10 Å². The van der Waals surface area contributed by atoms with Gasteiger partial charge in [-0.25, -0.2) is 4.68 Å². The molecule has 0 aliphatic heterocycles. The van der Waals surface area contributed by atoms with Gasteiger partial charge in [0.1, 0.15) is 0 Å². The highest BCUT2D eigenvalue weighted by molar-refractivity contribution is 5.32. The molecule has 1 aromatic carbocycles. The van der Waals surface area contributed by atoms with Crippen molar-refractivity contribution in [1.82, 2.24) is 15.0 Å². The van der Waals surface area contributed by atoms with Gasteiger partial charge in [0.05, 0.1) is 12.2 Å². The van der Waals surface area contributed by atoms with E-state index < -0.39 is 0 Å². The lowest BCUT2D eigenvalue weighted by atomic mass is 10.1. The molecular weight excluding hydrogens is 200 g/mol. The van der Waals surface area contributed by atoms with Crippen LogP contribution in [0.3, 0.4) is 0 Å². The van der Waals surface area contributed by atoms with Gasteiger partial charge in [-0.1, -0.05) is 36.4 Å². The van der Waals surface area contributed by atoms with Crippen LogP contribution in [0.15, 0.2) is 24.3 Å². The Bertz CT molecular complexity index is 470. The topological polar surface area (TPSA) is 56.7 Å². The molecule has 0 aliphatic rings. The van der Waals surface area contributed by atoms with E-state index in [-0.39, 0.29) is 0 Å². The van der Waals surface area contributed by atoms with Crippen LogP contribution < -0.4 is 5.73 Å². The molecule has 0 bridgehead atoms. The average molecular weight is 216 g/mol. The average Bonchev–Trinajstić information content (AvgIpc) is 2.62. The first-order chi connectivity index (χ1) is 7.70. The standard InChI is InChI=1S/C12H16N4/c1-3-10-4-6-11(7-5-10)8-16-9(2)12(13)14-15-16/h4-7H,3,8,13H2,1-2H3. The molecule has 0 amide bonds. The zero-order chi connectivity index (χ0) is 11.5. The summed E-state index contributed by atoms with van der Waals surface area (Å²) < 4.78 is 1.82. The minimum Gasteiger partial charge on any atom is -0.381 e. The number of benzene rings is 1. The first-order valence-corrected chi connectivity index (χ1v) is 5.44. The van der Waals surface area contributed by atoms with E-state index in [4.69, 9.17) is 5.73 Å². The summed E-state index contributed by atoms with van der Waals surface area (Å²) in [6.45, 7) is 4.80.